The first-order valence-corrected chi connectivity index (χ1v) is 8.44. The van der Waals surface area contributed by atoms with Crippen molar-refractivity contribution in [1.82, 2.24) is 20.1 Å². The highest BCUT2D eigenvalue weighted by atomic mass is 32.2. The maximum Gasteiger partial charge on any atom is 0.230 e. The number of rotatable bonds is 6. The number of hydrogen-bond donors (Lipinski definition) is 2. The molecular weight excluding hydrogens is 312 g/mol. The Morgan fingerprint density at radius 3 is 2.78 bits per heavy atom. The van der Waals surface area contributed by atoms with Crippen LogP contribution in [0.2, 0.25) is 0 Å². The summed E-state index contributed by atoms with van der Waals surface area (Å²) >= 11 is 1.33. The van der Waals surface area contributed by atoms with Crippen LogP contribution in [0.3, 0.4) is 0 Å². The Kier molecular flexibility index (Phi) is 5.79. The van der Waals surface area contributed by atoms with Gasteiger partial charge in [-0.1, -0.05) is 23.9 Å². The van der Waals surface area contributed by atoms with Gasteiger partial charge in [0, 0.05) is 6.54 Å². The molecule has 1 aromatic heterocycles. The van der Waals surface area contributed by atoms with Crippen molar-refractivity contribution in [2.45, 2.75) is 39.0 Å². The van der Waals surface area contributed by atoms with Crippen LogP contribution in [0.25, 0.3) is 5.69 Å². The third-order valence-electron chi connectivity index (χ3n) is 3.33. The Hall–Kier alpha value is -1.86. The fraction of sp³-hybridized carbons (Fsp3) is 0.438. The molecule has 1 aromatic carbocycles. The lowest BCUT2D eigenvalue weighted by atomic mass is 10.1. The van der Waals surface area contributed by atoms with Crippen LogP contribution in [-0.2, 0) is 4.79 Å². The minimum atomic E-state index is -0.551. The molecule has 0 radical (unpaired) electrons. The molecule has 6 nitrogen and oxygen atoms in total. The number of amides is 1. The van der Waals surface area contributed by atoms with Crippen molar-refractivity contribution >= 4 is 17.7 Å². The van der Waals surface area contributed by atoms with Crippen LogP contribution >= 0.6 is 11.8 Å². The minimum absolute atomic E-state index is 0.135. The molecular formula is C16H22N4O2S. The quantitative estimate of drug-likeness (QED) is 0.787. The van der Waals surface area contributed by atoms with Crippen LogP contribution in [0, 0.1) is 20.8 Å². The van der Waals surface area contributed by atoms with Gasteiger partial charge in [0.25, 0.3) is 0 Å². The number of aryl methyl sites for hydroxylation is 3. The summed E-state index contributed by atoms with van der Waals surface area (Å²) in [6.07, 6.45) is -0.551. The second-order valence-corrected chi connectivity index (χ2v) is 6.54. The van der Waals surface area contributed by atoms with E-state index in [0.29, 0.717) is 5.16 Å². The molecule has 0 fully saturated rings. The zero-order valence-corrected chi connectivity index (χ0v) is 14.6. The molecule has 0 bridgehead atoms. The second kappa shape index (κ2) is 7.61. The highest BCUT2D eigenvalue weighted by Crippen LogP contribution is 2.24. The molecule has 0 spiro atoms. The molecule has 7 heteroatoms. The summed E-state index contributed by atoms with van der Waals surface area (Å²) in [5.41, 5.74) is 3.31. The first-order chi connectivity index (χ1) is 10.9. The molecule has 2 aromatic rings. The molecule has 2 N–H and O–H groups in total. The highest BCUT2D eigenvalue weighted by Gasteiger charge is 2.15. The van der Waals surface area contributed by atoms with E-state index in [-0.39, 0.29) is 18.2 Å². The SMILES string of the molecule is Cc1ccc(C)c(-n2c(C)nnc2SCC(=O)NCC(C)O)c1. The van der Waals surface area contributed by atoms with Crippen molar-refractivity contribution in [1.29, 1.82) is 0 Å². The van der Waals surface area contributed by atoms with Gasteiger partial charge in [0.15, 0.2) is 5.16 Å². The van der Waals surface area contributed by atoms with Crippen LogP contribution in [-0.4, -0.2) is 44.2 Å². The number of aliphatic hydroxyl groups is 1. The van der Waals surface area contributed by atoms with E-state index in [4.69, 9.17) is 0 Å². The maximum absolute atomic E-state index is 11.8. The Labute approximate surface area is 140 Å². The summed E-state index contributed by atoms with van der Waals surface area (Å²) < 4.78 is 1.97. The number of carbonyl (C=O) groups is 1. The van der Waals surface area contributed by atoms with Gasteiger partial charge in [0.1, 0.15) is 5.82 Å². The number of hydrogen-bond acceptors (Lipinski definition) is 5. The molecule has 1 amide bonds. The van der Waals surface area contributed by atoms with Crippen molar-refractivity contribution in [2.24, 2.45) is 0 Å². The number of aromatic nitrogens is 3. The van der Waals surface area contributed by atoms with Crippen molar-refractivity contribution < 1.29 is 9.90 Å². The topological polar surface area (TPSA) is 80.0 Å². The van der Waals surface area contributed by atoms with Crippen LogP contribution in [0.5, 0.6) is 0 Å². The van der Waals surface area contributed by atoms with E-state index in [1.807, 2.05) is 25.3 Å². The number of benzene rings is 1. The van der Waals surface area contributed by atoms with Gasteiger partial charge in [-0.15, -0.1) is 10.2 Å². The molecule has 0 aliphatic heterocycles. The number of carbonyl (C=O) groups excluding carboxylic acids is 1. The lowest BCUT2D eigenvalue weighted by Crippen LogP contribution is -2.31. The Morgan fingerprint density at radius 2 is 2.09 bits per heavy atom. The van der Waals surface area contributed by atoms with Gasteiger partial charge >= 0.3 is 0 Å². The zero-order valence-electron chi connectivity index (χ0n) is 13.8. The Balaban J connectivity index is 2.16. The average molecular weight is 334 g/mol. The molecule has 1 heterocycles. The van der Waals surface area contributed by atoms with Crippen molar-refractivity contribution in [2.75, 3.05) is 12.3 Å². The monoisotopic (exact) mass is 334 g/mol. The maximum atomic E-state index is 11.8. The summed E-state index contributed by atoms with van der Waals surface area (Å²) in [4.78, 5) is 11.8. The second-order valence-electron chi connectivity index (χ2n) is 5.60. The molecule has 1 atom stereocenters. The van der Waals surface area contributed by atoms with Crippen molar-refractivity contribution in [3.05, 3.63) is 35.2 Å². The molecule has 23 heavy (non-hydrogen) atoms. The lowest BCUT2D eigenvalue weighted by Gasteiger charge is -2.12. The lowest BCUT2D eigenvalue weighted by molar-refractivity contribution is -0.118. The van der Waals surface area contributed by atoms with Crippen LogP contribution in [0.15, 0.2) is 23.4 Å². The van der Waals surface area contributed by atoms with E-state index >= 15 is 0 Å². The Bertz CT molecular complexity index is 697. The molecule has 0 saturated heterocycles. The van der Waals surface area contributed by atoms with Crippen LogP contribution in [0.1, 0.15) is 23.9 Å². The summed E-state index contributed by atoms with van der Waals surface area (Å²) in [6, 6.07) is 6.21. The number of nitrogens with one attached hydrogen (secondary N) is 1. The van der Waals surface area contributed by atoms with E-state index in [1.165, 1.54) is 11.8 Å². The molecule has 1 unspecified atom stereocenters. The summed E-state index contributed by atoms with van der Waals surface area (Å²) in [7, 11) is 0. The van der Waals surface area contributed by atoms with E-state index in [1.54, 1.807) is 6.92 Å². The van der Waals surface area contributed by atoms with E-state index in [0.717, 1.165) is 22.6 Å². The van der Waals surface area contributed by atoms with Gasteiger partial charge in [-0.05, 0) is 44.9 Å². The fourth-order valence-corrected chi connectivity index (χ4v) is 2.94. The predicted molar refractivity (Wildman–Crippen MR) is 91.0 cm³/mol. The largest absolute Gasteiger partial charge is 0.392 e. The molecule has 124 valence electrons. The third kappa shape index (κ3) is 4.56. The predicted octanol–water partition coefficient (Wildman–Crippen LogP) is 1.78. The van der Waals surface area contributed by atoms with Crippen molar-refractivity contribution in [3.8, 4) is 5.69 Å². The molecule has 0 aliphatic rings. The first kappa shape index (κ1) is 17.5. The van der Waals surface area contributed by atoms with Gasteiger partial charge in [0.2, 0.25) is 5.91 Å². The van der Waals surface area contributed by atoms with Gasteiger partial charge < -0.3 is 10.4 Å². The van der Waals surface area contributed by atoms with Crippen molar-refractivity contribution in [3.63, 3.8) is 0 Å². The third-order valence-corrected chi connectivity index (χ3v) is 4.26. The highest BCUT2D eigenvalue weighted by molar-refractivity contribution is 7.99. The average Bonchev–Trinajstić information content (AvgIpc) is 2.86. The van der Waals surface area contributed by atoms with Gasteiger partial charge in [-0.3, -0.25) is 9.36 Å². The molecule has 2 rings (SSSR count). The number of aliphatic hydroxyl groups excluding tert-OH is 1. The number of thioether (sulfide) groups is 1. The summed E-state index contributed by atoms with van der Waals surface area (Å²) in [6.45, 7) is 7.86. The summed E-state index contributed by atoms with van der Waals surface area (Å²) in [5, 5.41) is 20.9. The van der Waals surface area contributed by atoms with Gasteiger partial charge in [-0.25, -0.2) is 0 Å². The normalized spacial score (nSPS) is 12.2. The smallest absolute Gasteiger partial charge is 0.230 e. The van der Waals surface area contributed by atoms with E-state index in [9.17, 15) is 9.90 Å². The fourth-order valence-electron chi connectivity index (χ4n) is 2.12. The van der Waals surface area contributed by atoms with E-state index in [2.05, 4.69) is 33.7 Å². The van der Waals surface area contributed by atoms with E-state index < -0.39 is 6.10 Å². The summed E-state index contributed by atoms with van der Waals surface area (Å²) in [5.74, 6) is 0.880. The van der Waals surface area contributed by atoms with Gasteiger partial charge in [0.05, 0.1) is 17.5 Å². The van der Waals surface area contributed by atoms with Crippen LogP contribution in [0.4, 0.5) is 0 Å². The Morgan fingerprint density at radius 1 is 1.35 bits per heavy atom. The standard InChI is InChI=1S/C16H22N4O2S/c1-10-5-6-11(2)14(7-10)20-13(4)18-19-16(20)23-9-15(22)17-8-12(3)21/h5-7,12,21H,8-9H2,1-4H3,(H,17,22). The molecule has 0 saturated carbocycles. The molecule has 0 aliphatic carbocycles. The minimum Gasteiger partial charge on any atom is -0.392 e. The van der Waals surface area contributed by atoms with Crippen LogP contribution < -0.4 is 5.32 Å². The zero-order chi connectivity index (χ0) is 17.0. The first-order valence-electron chi connectivity index (χ1n) is 7.45. The van der Waals surface area contributed by atoms with Gasteiger partial charge in [-0.2, -0.15) is 0 Å². The number of nitrogens with zero attached hydrogens (tertiary/aromatic N) is 3.